The molecule has 1 N–H and O–H groups in total. The van der Waals surface area contributed by atoms with Crippen LogP contribution in [0.5, 0.6) is 0 Å². The molecule has 0 heterocycles. The van der Waals surface area contributed by atoms with E-state index in [-0.39, 0.29) is 55.2 Å². The zero-order valence-corrected chi connectivity index (χ0v) is 24.3. The standard InChI is InChI=1S/C30H49NO6/c1-19(2)15-25(30(36-21(5)6)37-22(7)8)16-27(32)23(9)31-29(34)26(20(3)4)17-28(33)35-18-24-13-11-10-12-14-24/h10-14,19-23,25-26,30H,15-18H2,1-9H3,(H,31,34)/t23-,25?,26-/m0/s1. The van der Waals surface area contributed by atoms with E-state index in [4.69, 9.17) is 14.2 Å². The summed E-state index contributed by atoms with van der Waals surface area (Å²) in [6, 6.07) is 8.72. The molecule has 210 valence electrons. The second-order valence-corrected chi connectivity index (χ2v) is 11.2. The molecule has 1 aromatic carbocycles. The van der Waals surface area contributed by atoms with Gasteiger partial charge >= 0.3 is 5.97 Å². The van der Waals surface area contributed by atoms with Gasteiger partial charge in [0.1, 0.15) is 6.61 Å². The summed E-state index contributed by atoms with van der Waals surface area (Å²) in [6.45, 7) is 17.6. The molecule has 1 aromatic rings. The molecule has 1 unspecified atom stereocenters. The van der Waals surface area contributed by atoms with Gasteiger partial charge in [-0.25, -0.2) is 0 Å². The molecular weight excluding hydrogens is 470 g/mol. The first-order chi connectivity index (χ1) is 17.3. The van der Waals surface area contributed by atoms with Crippen LogP contribution >= 0.6 is 0 Å². The molecule has 0 bridgehead atoms. The van der Waals surface area contributed by atoms with E-state index < -0.39 is 24.2 Å². The number of esters is 1. The molecule has 0 saturated carbocycles. The van der Waals surface area contributed by atoms with Crippen LogP contribution in [0.3, 0.4) is 0 Å². The Morgan fingerprint density at radius 2 is 1.38 bits per heavy atom. The monoisotopic (exact) mass is 519 g/mol. The Balaban J connectivity index is 2.80. The molecular formula is C30H49NO6. The molecule has 7 heteroatoms. The van der Waals surface area contributed by atoms with Crippen molar-refractivity contribution in [2.24, 2.45) is 23.7 Å². The Morgan fingerprint density at radius 3 is 1.86 bits per heavy atom. The number of carbonyl (C=O) groups excluding carboxylic acids is 3. The zero-order valence-electron chi connectivity index (χ0n) is 24.3. The summed E-state index contributed by atoms with van der Waals surface area (Å²) in [5, 5.41) is 2.84. The van der Waals surface area contributed by atoms with E-state index >= 15 is 0 Å². The van der Waals surface area contributed by atoms with Crippen LogP contribution in [0.4, 0.5) is 0 Å². The zero-order chi connectivity index (χ0) is 28.1. The molecule has 0 aliphatic rings. The van der Waals surface area contributed by atoms with E-state index in [9.17, 15) is 14.4 Å². The maximum Gasteiger partial charge on any atom is 0.306 e. The van der Waals surface area contributed by atoms with Crippen molar-refractivity contribution < 1.29 is 28.6 Å². The number of Topliss-reactive ketones (excluding diaryl/α,β-unsaturated/α-hetero) is 1. The van der Waals surface area contributed by atoms with Gasteiger partial charge in [-0.2, -0.15) is 0 Å². The van der Waals surface area contributed by atoms with Crippen LogP contribution in [0.2, 0.25) is 0 Å². The third-order valence-corrected chi connectivity index (χ3v) is 6.05. The summed E-state index contributed by atoms with van der Waals surface area (Å²) >= 11 is 0. The Labute approximate surface area is 224 Å². The van der Waals surface area contributed by atoms with Crippen LogP contribution in [0.1, 0.15) is 87.1 Å². The first-order valence-electron chi connectivity index (χ1n) is 13.6. The fourth-order valence-corrected chi connectivity index (χ4v) is 4.13. The maximum atomic E-state index is 13.2. The largest absolute Gasteiger partial charge is 0.461 e. The number of hydrogen-bond acceptors (Lipinski definition) is 6. The molecule has 0 spiro atoms. The van der Waals surface area contributed by atoms with Crippen molar-refractivity contribution in [3.63, 3.8) is 0 Å². The summed E-state index contributed by atoms with van der Waals surface area (Å²) in [6.07, 6.45) is 0.364. The molecule has 3 atom stereocenters. The number of amides is 1. The topological polar surface area (TPSA) is 90.9 Å². The first kappa shape index (κ1) is 32.8. The smallest absolute Gasteiger partial charge is 0.306 e. The normalized spacial score (nSPS) is 14.3. The van der Waals surface area contributed by atoms with Crippen LogP contribution in [-0.2, 0) is 35.2 Å². The van der Waals surface area contributed by atoms with E-state index in [1.165, 1.54) is 0 Å². The van der Waals surface area contributed by atoms with Crippen LogP contribution < -0.4 is 5.32 Å². The minimum atomic E-state index is -0.692. The first-order valence-corrected chi connectivity index (χ1v) is 13.6. The fourth-order valence-electron chi connectivity index (χ4n) is 4.13. The van der Waals surface area contributed by atoms with Gasteiger partial charge < -0.3 is 19.5 Å². The van der Waals surface area contributed by atoms with Gasteiger partial charge in [0.05, 0.1) is 30.6 Å². The molecule has 1 amide bonds. The molecule has 0 aliphatic carbocycles. The number of nitrogens with one attached hydrogen (secondary N) is 1. The second-order valence-electron chi connectivity index (χ2n) is 11.2. The van der Waals surface area contributed by atoms with Gasteiger partial charge in [-0.15, -0.1) is 0 Å². The molecule has 0 saturated heterocycles. The van der Waals surface area contributed by atoms with Crippen LogP contribution in [0, 0.1) is 23.7 Å². The highest BCUT2D eigenvalue weighted by atomic mass is 16.7. The van der Waals surface area contributed by atoms with E-state index in [2.05, 4.69) is 19.2 Å². The average Bonchev–Trinajstić information content (AvgIpc) is 2.79. The summed E-state index contributed by atoms with van der Waals surface area (Å²) in [7, 11) is 0. The molecule has 1 rings (SSSR count). The van der Waals surface area contributed by atoms with Gasteiger partial charge in [-0.3, -0.25) is 14.4 Å². The lowest BCUT2D eigenvalue weighted by Crippen LogP contribution is -2.45. The van der Waals surface area contributed by atoms with Gasteiger partial charge in [-0.1, -0.05) is 58.0 Å². The summed E-state index contributed by atoms with van der Waals surface area (Å²) < 4.78 is 17.5. The van der Waals surface area contributed by atoms with Gasteiger partial charge in [0.25, 0.3) is 0 Å². The number of hydrogen-bond donors (Lipinski definition) is 1. The van der Waals surface area contributed by atoms with Crippen molar-refractivity contribution >= 4 is 17.7 Å². The number of ketones is 1. The van der Waals surface area contributed by atoms with E-state index in [0.29, 0.717) is 5.92 Å². The Hall–Kier alpha value is -2.25. The van der Waals surface area contributed by atoms with Crippen molar-refractivity contribution in [2.75, 3.05) is 0 Å². The van der Waals surface area contributed by atoms with Crippen LogP contribution in [0.15, 0.2) is 30.3 Å². The van der Waals surface area contributed by atoms with Crippen molar-refractivity contribution in [3.05, 3.63) is 35.9 Å². The van der Waals surface area contributed by atoms with Crippen LogP contribution in [-0.4, -0.2) is 42.2 Å². The quantitative estimate of drug-likeness (QED) is 0.210. The SMILES string of the molecule is CC(C)CC(CC(=O)[C@H](C)NC(=O)[C@@H](CC(=O)OCc1ccccc1)C(C)C)C(OC(C)C)OC(C)C. The minimum absolute atomic E-state index is 0.0419. The lowest BCUT2D eigenvalue weighted by molar-refractivity contribution is -0.210. The number of ether oxygens (including phenoxy) is 3. The third-order valence-electron chi connectivity index (χ3n) is 6.05. The van der Waals surface area contributed by atoms with Crippen molar-refractivity contribution in [2.45, 2.75) is 113 Å². The molecule has 7 nitrogen and oxygen atoms in total. The van der Waals surface area contributed by atoms with Gasteiger partial charge in [0, 0.05) is 12.3 Å². The second kappa shape index (κ2) is 16.6. The van der Waals surface area contributed by atoms with E-state index in [1.54, 1.807) is 6.92 Å². The highest BCUT2D eigenvalue weighted by Gasteiger charge is 2.32. The molecule has 37 heavy (non-hydrogen) atoms. The summed E-state index contributed by atoms with van der Waals surface area (Å²) in [4.78, 5) is 38.7. The lowest BCUT2D eigenvalue weighted by atomic mass is 9.89. The molecule has 0 fully saturated rings. The molecule has 0 radical (unpaired) electrons. The fraction of sp³-hybridized carbons (Fsp3) is 0.700. The highest BCUT2D eigenvalue weighted by Crippen LogP contribution is 2.26. The highest BCUT2D eigenvalue weighted by molar-refractivity contribution is 5.91. The minimum Gasteiger partial charge on any atom is -0.461 e. The maximum absolute atomic E-state index is 13.2. The number of carbonyl (C=O) groups is 3. The van der Waals surface area contributed by atoms with Gasteiger partial charge in [-0.05, 0) is 58.4 Å². The van der Waals surface area contributed by atoms with Crippen molar-refractivity contribution in [1.82, 2.24) is 5.32 Å². The van der Waals surface area contributed by atoms with Crippen LogP contribution in [0.25, 0.3) is 0 Å². The molecule has 0 aliphatic heterocycles. The van der Waals surface area contributed by atoms with E-state index in [0.717, 1.165) is 12.0 Å². The lowest BCUT2D eigenvalue weighted by Gasteiger charge is -2.32. The van der Waals surface area contributed by atoms with Gasteiger partial charge in [0.2, 0.25) is 5.91 Å². The number of benzene rings is 1. The predicted molar refractivity (Wildman–Crippen MR) is 146 cm³/mol. The Bertz CT molecular complexity index is 811. The van der Waals surface area contributed by atoms with Crippen molar-refractivity contribution in [1.29, 1.82) is 0 Å². The predicted octanol–water partition coefficient (Wildman–Crippen LogP) is 5.69. The van der Waals surface area contributed by atoms with Crippen molar-refractivity contribution in [3.8, 4) is 0 Å². The van der Waals surface area contributed by atoms with Gasteiger partial charge in [0.15, 0.2) is 12.1 Å². The third kappa shape index (κ3) is 13.2. The average molecular weight is 520 g/mol. The Morgan fingerprint density at radius 1 is 0.811 bits per heavy atom. The summed E-state index contributed by atoms with van der Waals surface area (Å²) in [5.41, 5.74) is 0.887. The van der Waals surface area contributed by atoms with E-state index in [1.807, 2.05) is 71.9 Å². The molecule has 0 aromatic heterocycles. The Kier molecular flexibility index (Phi) is 14.7. The summed E-state index contributed by atoms with van der Waals surface area (Å²) in [5.74, 6) is -1.31. The number of rotatable bonds is 17.